The number of hydrogen-bond donors (Lipinski definition) is 1. The lowest BCUT2D eigenvalue weighted by molar-refractivity contribution is 0.168. The highest BCUT2D eigenvalue weighted by Crippen LogP contribution is 2.63. The van der Waals surface area contributed by atoms with Crippen LogP contribution in [-0.2, 0) is 5.41 Å². The first kappa shape index (κ1) is 24.4. The summed E-state index contributed by atoms with van der Waals surface area (Å²) >= 11 is 0. The molecule has 5 heteroatoms. The van der Waals surface area contributed by atoms with Crippen LogP contribution in [0, 0.1) is 48.3 Å². The van der Waals surface area contributed by atoms with Crippen molar-refractivity contribution in [3.63, 3.8) is 0 Å². The summed E-state index contributed by atoms with van der Waals surface area (Å²) in [7, 11) is 0. The van der Waals surface area contributed by atoms with E-state index in [4.69, 9.17) is 0 Å². The van der Waals surface area contributed by atoms with E-state index in [9.17, 15) is 10.5 Å². The molecular weight excluding hydrogens is 442 g/mol. The van der Waals surface area contributed by atoms with Gasteiger partial charge in [0.25, 0.3) is 0 Å². The van der Waals surface area contributed by atoms with Crippen LogP contribution in [0.15, 0.2) is 54.9 Å². The van der Waals surface area contributed by atoms with E-state index in [1.54, 1.807) is 0 Å². The minimum atomic E-state index is 0.168. The van der Waals surface area contributed by atoms with Crippen LogP contribution in [0.25, 0.3) is 0 Å². The van der Waals surface area contributed by atoms with Gasteiger partial charge in [-0.2, -0.15) is 10.5 Å². The predicted molar refractivity (Wildman–Crippen MR) is 144 cm³/mol. The fourth-order valence-corrected chi connectivity index (χ4v) is 6.76. The van der Waals surface area contributed by atoms with Crippen LogP contribution >= 0.6 is 0 Å². The molecule has 0 amide bonds. The maximum atomic E-state index is 9.38. The van der Waals surface area contributed by atoms with Crippen molar-refractivity contribution in [1.29, 1.82) is 10.5 Å². The Morgan fingerprint density at radius 2 is 1.97 bits per heavy atom. The Morgan fingerprint density at radius 3 is 2.67 bits per heavy atom. The Morgan fingerprint density at radius 1 is 1.17 bits per heavy atom. The van der Waals surface area contributed by atoms with Gasteiger partial charge in [-0.15, -0.1) is 0 Å². The molecule has 1 heterocycles. The van der Waals surface area contributed by atoms with Gasteiger partial charge in [-0.25, -0.2) is 0 Å². The van der Waals surface area contributed by atoms with E-state index in [-0.39, 0.29) is 11.3 Å². The molecule has 1 saturated heterocycles. The molecule has 1 aliphatic heterocycles. The van der Waals surface area contributed by atoms with Crippen molar-refractivity contribution in [2.45, 2.75) is 57.4 Å². The molecule has 5 rings (SSSR count). The number of nitriles is 2. The van der Waals surface area contributed by atoms with Crippen molar-refractivity contribution < 1.29 is 0 Å². The van der Waals surface area contributed by atoms with Crippen molar-refractivity contribution >= 4 is 5.69 Å². The molecule has 186 valence electrons. The third-order valence-corrected chi connectivity index (χ3v) is 8.69. The number of rotatable bonds is 8. The quantitative estimate of drug-likeness (QED) is 0.525. The van der Waals surface area contributed by atoms with Gasteiger partial charge >= 0.3 is 0 Å². The van der Waals surface area contributed by atoms with Gasteiger partial charge in [0.1, 0.15) is 0 Å². The second-order valence-corrected chi connectivity index (χ2v) is 11.2. The molecule has 0 radical (unpaired) electrons. The molecule has 1 N–H and O–H groups in total. The standard InChI is InChI=1S/C31H37N5/c1-22-13-23(2)15-29(14-22)34-24(3)36(12-11-35-10-8-26(20-33)21-35)30-7-9-31(18-28(31)17-30)27-6-4-5-25(16-27)19-32/h4-6,13-16,26,28,30,34H,3,7-12,17-18,21H2,1-2H3. The summed E-state index contributed by atoms with van der Waals surface area (Å²) in [5.41, 5.74) is 5.96. The Balaban J connectivity index is 1.30. The van der Waals surface area contributed by atoms with Crippen LogP contribution in [0.1, 0.15) is 54.4 Å². The Hall–Kier alpha value is -3.28. The van der Waals surface area contributed by atoms with Gasteiger partial charge in [-0.3, -0.25) is 0 Å². The summed E-state index contributed by atoms with van der Waals surface area (Å²) in [4.78, 5) is 4.94. The second kappa shape index (κ2) is 10.00. The van der Waals surface area contributed by atoms with Gasteiger partial charge in [0, 0.05) is 31.4 Å². The van der Waals surface area contributed by atoms with Crippen molar-refractivity contribution in [1.82, 2.24) is 9.80 Å². The summed E-state index contributed by atoms with van der Waals surface area (Å²) in [6, 6.07) is 20.0. The summed E-state index contributed by atoms with van der Waals surface area (Å²) in [5, 5.41) is 22.3. The highest BCUT2D eigenvalue weighted by Gasteiger charge is 2.58. The molecular formula is C31H37N5. The largest absolute Gasteiger partial charge is 0.354 e. The lowest BCUT2D eigenvalue weighted by Gasteiger charge is -2.40. The van der Waals surface area contributed by atoms with Crippen molar-refractivity contribution in [2.24, 2.45) is 11.8 Å². The highest BCUT2D eigenvalue weighted by molar-refractivity contribution is 5.52. The van der Waals surface area contributed by atoms with E-state index in [1.165, 1.54) is 23.1 Å². The first-order chi connectivity index (χ1) is 17.4. The van der Waals surface area contributed by atoms with E-state index in [0.717, 1.165) is 68.9 Å². The van der Waals surface area contributed by atoms with E-state index in [2.05, 4.69) is 78.0 Å². The third kappa shape index (κ3) is 4.99. The first-order valence-corrected chi connectivity index (χ1v) is 13.3. The van der Waals surface area contributed by atoms with Crippen LogP contribution < -0.4 is 5.32 Å². The van der Waals surface area contributed by atoms with E-state index in [0.29, 0.717) is 12.0 Å². The third-order valence-electron chi connectivity index (χ3n) is 8.69. The van der Waals surface area contributed by atoms with Gasteiger partial charge in [0.05, 0.1) is 29.4 Å². The molecule has 2 saturated carbocycles. The summed E-state index contributed by atoms with van der Waals surface area (Å²) in [6.07, 6.45) is 5.64. The SMILES string of the molecule is C=C(Nc1cc(C)cc(C)c1)N(CCN1CCC(C#N)C1)C1CCC2(c3cccc(C#N)c3)CC2C1. The van der Waals surface area contributed by atoms with Gasteiger partial charge in [-0.05, 0) is 105 Å². The number of aryl methyl sites for hydroxylation is 2. The maximum Gasteiger partial charge on any atom is 0.0991 e. The highest BCUT2D eigenvalue weighted by atomic mass is 15.3. The lowest BCUT2D eigenvalue weighted by Crippen LogP contribution is -2.44. The van der Waals surface area contributed by atoms with Crippen LogP contribution in [0.3, 0.4) is 0 Å². The number of benzene rings is 2. The summed E-state index contributed by atoms with van der Waals surface area (Å²) in [5.74, 6) is 1.80. The van der Waals surface area contributed by atoms with Crippen molar-refractivity contribution in [3.05, 3.63) is 77.1 Å². The Bertz CT molecular complexity index is 1200. The minimum absolute atomic E-state index is 0.168. The zero-order valence-corrected chi connectivity index (χ0v) is 21.6. The number of likely N-dealkylation sites (tertiary alicyclic amines) is 1. The molecule has 2 aliphatic carbocycles. The maximum absolute atomic E-state index is 9.38. The van der Waals surface area contributed by atoms with E-state index < -0.39 is 0 Å². The van der Waals surface area contributed by atoms with Crippen LogP contribution in [-0.4, -0.2) is 42.0 Å². The molecule has 3 fully saturated rings. The molecule has 0 spiro atoms. The first-order valence-electron chi connectivity index (χ1n) is 13.3. The average Bonchev–Trinajstić information content (AvgIpc) is 3.43. The van der Waals surface area contributed by atoms with Gasteiger partial charge in [0.15, 0.2) is 0 Å². The normalized spacial score (nSPS) is 26.9. The number of nitrogens with zero attached hydrogens (tertiary/aromatic N) is 4. The minimum Gasteiger partial charge on any atom is -0.354 e. The second-order valence-electron chi connectivity index (χ2n) is 11.2. The number of anilines is 1. The molecule has 2 aromatic rings. The average molecular weight is 480 g/mol. The van der Waals surface area contributed by atoms with Crippen LogP contribution in [0.4, 0.5) is 5.69 Å². The molecule has 0 aromatic heterocycles. The Labute approximate surface area is 216 Å². The molecule has 2 aromatic carbocycles. The number of nitrogens with one attached hydrogen (secondary N) is 1. The monoisotopic (exact) mass is 479 g/mol. The zero-order valence-electron chi connectivity index (χ0n) is 21.6. The lowest BCUT2D eigenvalue weighted by atomic mass is 9.80. The fourth-order valence-electron chi connectivity index (χ4n) is 6.76. The van der Waals surface area contributed by atoms with Gasteiger partial charge < -0.3 is 15.1 Å². The summed E-state index contributed by atoms with van der Waals surface area (Å²) < 4.78 is 0. The van der Waals surface area contributed by atoms with Crippen molar-refractivity contribution in [2.75, 3.05) is 31.5 Å². The van der Waals surface area contributed by atoms with Crippen LogP contribution in [0.5, 0.6) is 0 Å². The van der Waals surface area contributed by atoms with Crippen LogP contribution in [0.2, 0.25) is 0 Å². The fraction of sp³-hybridized carbons (Fsp3) is 0.484. The predicted octanol–water partition coefficient (Wildman–Crippen LogP) is 5.72. The Kier molecular flexibility index (Phi) is 6.78. The molecule has 4 unspecified atom stereocenters. The molecule has 3 aliphatic rings. The molecule has 5 nitrogen and oxygen atoms in total. The van der Waals surface area contributed by atoms with Gasteiger partial charge in [0.2, 0.25) is 0 Å². The van der Waals surface area contributed by atoms with E-state index in [1.807, 2.05) is 12.1 Å². The topological polar surface area (TPSA) is 66.1 Å². The number of hydrogen-bond acceptors (Lipinski definition) is 5. The molecule has 36 heavy (non-hydrogen) atoms. The smallest absolute Gasteiger partial charge is 0.0991 e. The zero-order chi connectivity index (χ0) is 25.3. The van der Waals surface area contributed by atoms with E-state index >= 15 is 0 Å². The van der Waals surface area contributed by atoms with Gasteiger partial charge in [-0.1, -0.05) is 24.8 Å². The van der Waals surface area contributed by atoms with Crippen molar-refractivity contribution in [3.8, 4) is 12.1 Å². The number of fused-ring (bicyclic) bond motifs is 1. The molecule has 4 atom stereocenters. The molecule has 0 bridgehead atoms. The summed E-state index contributed by atoms with van der Waals surface area (Å²) in [6.45, 7) is 12.5.